The van der Waals surface area contributed by atoms with Crippen LogP contribution in [0.25, 0.3) is 0 Å². The maximum Gasteiger partial charge on any atom is 0.389 e. The molecule has 0 radical (unpaired) electrons. The van der Waals surface area contributed by atoms with Gasteiger partial charge in [0, 0.05) is 18.7 Å². The van der Waals surface area contributed by atoms with Crippen molar-refractivity contribution in [2.24, 2.45) is 5.73 Å². The van der Waals surface area contributed by atoms with Gasteiger partial charge in [0.2, 0.25) is 0 Å². The zero-order chi connectivity index (χ0) is 12.9. The predicted octanol–water partition coefficient (Wildman–Crippen LogP) is 2.09. The lowest BCUT2D eigenvalue weighted by Crippen LogP contribution is -2.13. The summed E-state index contributed by atoms with van der Waals surface area (Å²) < 4.78 is 40.6. The summed E-state index contributed by atoms with van der Waals surface area (Å²) in [6, 6.07) is 2.91. The summed E-state index contributed by atoms with van der Waals surface area (Å²) in [5.41, 5.74) is 5.45. The predicted molar refractivity (Wildman–Crippen MR) is 56.0 cm³/mol. The summed E-state index contributed by atoms with van der Waals surface area (Å²) >= 11 is 0. The smallest absolute Gasteiger partial charge is 0.389 e. The highest BCUT2D eigenvalue weighted by atomic mass is 19.4. The molecule has 0 saturated heterocycles. The third-order valence-corrected chi connectivity index (χ3v) is 1.88. The Morgan fingerprint density at radius 2 is 2.18 bits per heavy atom. The van der Waals surface area contributed by atoms with E-state index in [9.17, 15) is 13.2 Å². The van der Waals surface area contributed by atoms with Gasteiger partial charge in [0.1, 0.15) is 17.3 Å². The van der Waals surface area contributed by atoms with Crippen LogP contribution in [-0.4, -0.2) is 23.6 Å². The van der Waals surface area contributed by atoms with Gasteiger partial charge in [0.05, 0.1) is 6.61 Å². The number of halogens is 3. The molecule has 0 unspecified atom stereocenters. The van der Waals surface area contributed by atoms with E-state index in [0.29, 0.717) is 5.75 Å². The number of pyridine rings is 1. The third-order valence-electron chi connectivity index (χ3n) is 1.88. The molecule has 1 aromatic rings. The number of alkyl halides is 3. The maximum atomic E-state index is 11.8. The van der Waals surface area contributed by atoms with Crippen molar-refractivity contribution in [2.45, 2.75) is 19.0 Å². The molecule has 7 heteroatoms. The zero-order valence-electron chi connectivity index (χ0n) is 8.92. The second kappa shape index (κ2) is 5.51. The van der Waals surface area contributed by atoms with Crippen LogP contribution in [0.3, 0.4) is 0 Å². The second-order valence-corrected chi connectivity index (χ2v) is 3.36. The van der Waals surface area contributed by atoms with Crippen molar-refractivity contribution in [3.05, 3.63) is 24.0 Å². The highest BCUT2D eigenvalue weighted by Gasteiger charge is 2.26. The molecule has 0 amide bonds. The van der Waals surface area contributed by atoms with Crippen LogP contribution in [0, 0.1) is 5.41 Å². The van der Waals surface area contributed by atoms with Gasteiger partial charge in [-0.15, -0.1) is 0 Å². The van der Waals surface area contributed by atoms with Gasteiger partial charge in [0.15, 0.2) is 0 Å². The third kappa shape index (κ3) is 5.19. The molecule has 3 N–H and O–H groups in total. The largest absolute Gasteiger partial charge is 0.493 e. The fourth-order valence-electron chi connectivity index (χ4n) is 1.11. The topological polar surface area (TPSA) is 72.0 Å². The first kappa shape index (κ1) is 13.3. The van der Waals surface area contributed by atoms with Crippen LogP contribution in [0.1, 0.15) is 18.5 Å². The van der Waals surface area contributed by atoms with Gasteiger partial charge in [-0.25, -0.2) is 0 Å². The van der Waals surface area contributed by atoms with Crippen molar-refractivity contribution in [3.8, 4) is 5.75 Å². The Hall–Kier alpha value is -1.79. The number of nitrogens with zero attached hydrogens (tertiary/aromatic N) is 1. The molecule has 0 aliphatic carbocycles. The molecular formula is C10H12F3N3O. The maximum absolute atomic E-state index is 11.8. The number of hydrogen-bond donors (Lipinski definition) is 2. The molecule has 1 heterocycles. The lowest BCUT2D eigenvalue weighted by molar-refractivity contribution is -0.136. The molecule has 0 spiro atoms. The molecule has 1 aromatic heterocycles. The van der Waals surface area contributed by atoms with Crippen molar-refractivity contribution in [2.75, 3.05) is 6.61 Å². The number of hydrogen-bond acceptors (Lipinski definition) is 3. The molecule has 0 bridgehead atoms. The molecule has 0 aliphatic heterocycles. The van der Waals surface area contributed by atoms with Gasteiger partial charge in [-0.05, 0) is 12.5 Å². The SMILES string of the molecule is N=C(N)c1cc(OCCCC(F)(F)F)ccn1. The molecule has 0 atom stereocenters. The number of nitrogens with one attached hydrogen (secondary N) is 1. The molecule has 94 valence electrons. The molecule has 0 fully saturated rings. The van der Waals surface area contributed by atoms with Crippen LogP contribution in [0.5, 0.6) is 5.75 Å². The summed E-state index contributed by atoms with van der Waals surface area (Å²) in [6.45, 7) is -0.0408. The van der Waals surface area contributed by atoms with Gasteiger partial charge >= 0.3 is 6.18 Å². The van der Waals surface area contributed by atoms with E-state index in [1.165, 1.54) is 18.3 Å². The summed E-state index contributed by atoms with van der Waals surface area (Å²) in [5.74, 6) is 0.137. The van der Waals surface area contributed by atoms with Crippen LogP contribution < -0.4 is 10.5 Å². The summed E-state index contributed by atoms with van der Waals surface area (Å²) in [5, 5.41) is 7.14. The average Bonchev–Trinajstić information content (AvgIpc) is 2.23. The Morgan fingerprint density at radius 3 is 2.76 bits per heavy atom. The van der Waals surface area contributed by atoms with Crippen molar-refractivity contribution in [1.82, 2.24) is 4.98 Å². The molecule has 0 aliphatic rings. The van der Waals surface area contributed by atoms with Crippen molar-refractivity contribution < 1.29 is 17.9 Å². The van der Waals surface area contributed by atoms with E-state index >= 15 is 0 Å². The number of rotatable bonds is 5. The quantitative estimate of drug-likeness (QED) is 0.475. The molecule has 1 rings (SSSR count). The van der Waals surface area contributed by atoms with Gasteiger partial charge in [-0.3, -0.25) is 10.4 Å². The fraction of sp³-hybridized carbons (Fsp3) is 0.400. The highest BCUT2D eigenvalue weighted by Crippen LogP contribution is 2.21. The molecule has 0 aromatic carbocycles. The summed E-state index contributed by atoms with van der Waals surface area (Å²) in [7, 11) is 0. The van der Waals surface area contributed by atoms with Gasteiger partial charge in [0.25, 0.3) is 0 Å². The van der Waals surface area contributed by atoms with E-state index in [1.807, 2.05) is 0 Å². The normalized spacial score (nSPS) is 11.2. The van der Waals surface area contributed by atoms with Crippen LogP contribution in [0.2, 0.25) is 0 Å². The van der Waals surface area contributed by atoms with Crippen LogP contribution >= 0.6 is 0 Å². The van der Waals surface area contributed by atoms with E-state index in [2.05, 4.69) is 4.98 Å². The van der Waals surface area contributed by atoms with Crippen LogP contribution in [0.15, 0.2) is 18.3 Å². The Balaban J connectivity index is 2.42. The van der Waals surface area contributed by atoms with E-state index in [4.69, 9.17) is 15.9 Å². The lowest BCUT2D eigenvalue weighted by atomic mass is 10.3. The molecule has 4 nitrogen and oxygen atoms in total. The minimum atomic E-state index is -4.16. The standard InChI is InChI=1S/C10H12F3N3O/c11-10(12,13)3-1-5-17-7-2-4-16-8(6-7)9(14)15/h2,4,6H,1,3,5H2,(H3,14,15). The van der Waals surface area contributed by atoms with E-state index in [-0.39, 0.29) is 24.6 Å². The second-order valence-electron chi connectivity index (χ2n) is 3.36. The summed E-state index contributed by atoms with van der Waals surface area (Å²) in [6.07, 6.45) is -3.76. The Morgan fingerprint density at radius 1 is 1.47 bits per heavy atom. The van der Waals surface area contributed by atoms with Crippen LogP contribution in [-0.2, 0) is 0 Å². The van der Waals surface area contributed by atoms with Gasteiger partial charge < -0.3 is 10.5 Å². The van der Waals surface area contributed by atoms with E-state index < -0.39 is 12.6 Å². The van der Waals surface area contributed by atoms with Crippen molar-refractivity contribution in [3.63, 3.8) is 0 Å². The summed E-state index contributed by atoms with van der Waals surface area (Å²) in [4.78, 5) is 3.80. The van der Waals surface area contributed by atoms with Gasteiger partial charge in [-0.1, -0.05) is 0 Å². The van der Waals surface area contributed by atoms with Gasteiger partial charge in [-0.2, -0.15) is 13.2 Å². The molecular weight excluding hydrogens is 235 g/mol. The van der Waals surface area contributed by atoms with Crippen molar-refractivity contribution in [1.29, 1.82) is 5.41 Å². The average molecular weight is 247 g/mol. The Kier molecular flexibility index (Phi) is 4.30. The first-order valence-corrected chi connectivity index (χ1v) is 4.88. The van der Waals surface area contributed by atoms with Crippen molar-refractivity contribution >= 4 is 5.84 Å². The van der Waals surface area contributed by atoms with Crippen LogP contribution in [0.4, 0.5) is 13.2 Å². The number of nitrogen functional groups attached to an aromatic ring is 1. The number of ether oxygens (including phenoxy) is 1. The monoisotopic (exact) mass is 247 g/mol. The zero-order valence-corrected chi connectivity index (χ0v) is 8.92. The number of aromatic nitrogens is 1. The minimum absolute atomic E-state index is 0.0408. The molecule has 17 heavy (non-hydrogen) atoms. The number of amidine groups is 1. The minimum Gasteiger partial charge on any atom is -0.493 e. The lowest BCUT2D eigenvalue weighted by Gasteiger charge is -2.08. The number of nitrogens with two attached hydrogens (primary N) is 1. The van der Waals surface area contributed by atoms with E-state index in [1.54, 1.807) is 0 Å². The highest BCUT2D eigenvalue weighted by molar-refractivity contribution is 5.93. The Labute approximate surface area is 96.1 Å². The Bertz CT molecular complexity index is 393. The first-order chi connectivity index (χ1) is 7.88. The first-order valence-electron chi connectivity index (χ1n) is 4.88. The fourth-order valence-corrected chi connectivity index (χ4v) is 1.11. The van der Waals surface area contributed by atoms with E-state index in [0.717, 1.165) is 0 Å². The molecule has 0 saturated carbocycles.